The monoisotopic (exact) mass is 346 g/mol. The number of fused-ring (bicyclic) bond motifs is 1. The Morgan fingerprint density at radius 1 is 1.46 bits per heavy atom. The number of carbonyl (C=O) groups is 1. The summed E-state index contributed by atoms with van der Waals surface area (Å²) in [4.78, 5) is 20.5. The Bertz CT molecular complexity index is 722. The average molecular weight is 346 g/mol. The lowest BCUT2D eigenvalue weighted by molar-refractivity contribution is -0.0655. The van der Waals surface area contributed by atoms with Gasteiger partial charge in [0.2, 0.25) is 0 Å². The van der Waals surface area contributed by atoms with E-state index >= 15 is 0 Å². The molecule has 6 heteroatoms. The first-order valence-corrected chi connectivity index (χ1v) is 8.77. The van der Waals surface area contributed by atoms with Gasteiger partial charge in [-0.3, -0.25) is 9.88 Å². The number of nitrogens with zero attached hydrogens (tertiary/aromatic N) is 2. The van der Waals surface area contributed by atoms with E-state index in [0.717, 1.165) is 22.4 Å². The Kier molecular flexibility index (Phi) is 4.60. The number of hydrogen-bond acceptors (Lipinski definition) is 5. The van der Waals surface area contributed by atoms with E-state index in [1.165, 1.54) is 9.78 Å². The number of carbonyl (C=O) groups excluding carboxylic acids is 1. The van der Waals surface area contributed by atoms with Crippen molar-refractivity contribution in [2.45, 2.75) is 39.0 Å². The number of aromatic nitrogens is 1. The summed E-state index contributed by atoms with van der Waals surface area (Å²) in [6, 6.07) is 6.06. The zero-order valence-corrected chi connectivity index (χ0v) is 15.2. The van der Waals surface area contributed by atoms with Crippen molar-refractivity contribution in [1.29, 1.82) is 0 Å². The van der Waals surface area contributed by atoms with E-state index in [1.807, 2.05) is 39.1 Å². The van der Waals surface area contributed by atoms with Crippen molar-refractivity contribution < 1.29 is 14.3 Å². The smallest absolute Gasteiger partial charge is 0.412 e. The van der Waals surface area contributed by atoms with Crippen molar-refractivity contribution in [3.8, 4) is 10.4 Å². The van der Waals surface area contributed by atoms with Crippen LogP contribution in [0, 0.1) is 0 Å². The fraction of sp³-hybridized carbons (Fsp3) is 0.444. The molecule has 1 aliphatic rings. The molecule has 24 heavy (non-hydrogen) atoms. The van der Waals surface area contributed by atoms with E-state index in [-0.39, 0.29) is 6.09 Å². The third-order valence-electron chi connectivity index (χ3n) is 3.69. The first-order chi connectivity index (χ1) is 11.3. The number of amides is 1. The standard InChI is InChI=1S/C18H22N2O3S/c1-18(2,3)23-17(21)20(4)16-13-10-15(12-6-5-8-19-11-12)24-14(13)7-9-22-16/h5-6,8,10-11,16H,7,9H2,1-4H3/t16-/m1/s1. The number of ether oxygens (including phenoxy) is 2. The quantitative estimate of drug-likeness (QED) is 0.816. The minimum Gasteiger partial charge on any atom is -0.444 e. The average Bonchev–Trinajstić information content (AvgIpc) is 2.97. The molecule has 0 fully saturated rings. The van der Waals surface area contributed by atoms with Crippen LogP contribution < -0.4 is 0 Å². The highest BCUT2D eigenvalue weighted by Crippen LogP contribution is 2.39. The van der Waals surface area contributed by atoms with Gasteiger partial charge in [0.15, 0.2) is 6.23 Å². The lowest BCUT2D eigenvalue weighted by atomic mass is 10.1. The SMILES string of the molecule is CN(C(=O)OC(C)(C)C)[C@@H]1OCCc2sc(-c3cccnc3)cc21. The summed E-state index contributed by atoms with van der Waals surface area (Å²) in [5, 5.41) is 0. The maximum absolute atomic E-state index is 12.4. The minimum atomic E-state index is -0.529. The fourth-order valence-corrected chi connectivity index (χ4v) is 3.75. The van der Waals surface area contributed by atoms with Crippen LogP contribution in [0.25, 0.3) is 10.4 Å². The second-order valence-corrected chi connectivity index (χ2v) is 7.93. The molecule has 3 heterocycles. The number of thiophene rings is 1. The Morgan fingerprint density at radius 3 is 2.92 bits per heavy atom. The van der Waals surface area contributed by atoms with Crippen LogP contribution in [0.5, 0.6) is 0 Å². The van der Waals surface area contributed by atoms with Crippen molar-refractivity contribution in [1.82, 2.24) is 9.88 Å². The minimum absolute atomic E-state index is 0.380. The van der Waals surface area contributed by atoms with Crippen LogP contribution in [-0.2, 0) is 15.9 Å². The van der Waals surface area contributed by atoms with Crippen LogP contribution in [0.15, 0.2) is 30.6 Å². The molecule has 1 aliphatic heterocycles. The number of rotatable bonds is 2. The van der Waals surface area contributed by atoms with E-state index in [9.17, 15) is 4.79 Å². The maximum Gasteiger partial charge on any atom is 0.412 e. The zero-order chi connectivity index (χ0) is 17.3. The van der Waals surface area contributed by atoms with Gasteiger partial charge in [0.1, 0.15) is 5.60 Å². The molecule has 2 aromatic rings. The van der Waals surface area contributed by atoms with Gasteiger partial charge in [-0.25, -0.2) is 4.79 Å². The fourth-order valence-electron chi connectivity index (χ4n) is 2.60. The highest BCUT2D eigenvalue weighted by atomic mass is 32.1. The summed E-state index contributed by atoms with van der Waals surface area (Å²) in [5.41, 5.74) is 1.59. The molecule has 0 N–H and O–H groups in total. The van der Waals surface area contributed by atoms with Crippen LogP contribution >= 0.6 is 11.3 Å². The summed E-state index contributed by atoms with van der Waals surface area (Å²) < 4.78 is 11.3. The second-order valence-electron chi connectivity index (χ2n) is 6.80. The lowest BCUT2D eigenvalue weighted by Crippen LogP contribution is -2.39. The molecule has 0 radical (unpaired) electrons. The lowest BCUT2D eigenvalue weighted by Gasteiger charge is -2.32. The summed E-state index contributed by atoms with van der Waals surface area (Å²) in [7, 11) is 1.72. The van der Waals surface area contributed by atoms with Gasteiger partial charge >= 0.3 is 6.09 Å². The van der Waals surface area contributed by atoms with Crippen molar-refractivity contribution in [2.24, 2.45) is 0 Å². The predicted molar refractivity (Wildman–Crippen MR) is 93.9 cm³/mol. The number of pyridine rings is 1. The molecule has 0 aliphatic carbocycles. The van der Waals surface area contributed by atoms with E-state index < -0.39 is 11.8 Å². The third-order valence-corrected chi connectivity index (χ3v) is 4.95. The third kappa shape index (κ3) is 3.60. The Morgan fingerprint density at radius 2 is 2.25 bits per heavy atom. The van der Waals surface area contributed by atoms with Crippen LogP contribution in [-0.4, -0.2) is 35.2 Å². The Labute approximate surface area is 146 Å². The Hall–Kier alpha value is -1.92. The molecule has 0 saturated carbocycles. The van der Waals surface area contributed by atoms with Crippen molar-refractivity contribution in [3.05, 3.63) is 41.0 Å². The van der Waals surface area contributed by atoms with Gasteiger partial charge in [0.05, 0.1) is 6.61 Å². The van der Waals surface area contributed by atoms with Gasteiger partial charge in [0.25, 0.3) is 0 Å². The topological polar surface area (TPSA) is 51.7 Å². The molecule has 3 rings (SSSR count). The number of hydrogen-bond donors (Lipinski definition) is 0. The summed E-state index contributed by atoms with van der Waals surface area (Å²) in [5.74, 6) is 0. The molecule has 0 unspecified atom stereocenters. The molecule has 0 spiro atoms. The molecule has 5 nitrogen and oxygen atoms in total. The van der Waals surface area contributed by atoms with Gasteiger partial charge in [0, 0.05) is 46.7 Å². The van der Waals surface area contributed by atoms with Gasteiger partial charge in [-0.15, -0.1) is 11.3 Å². The van der Waals surface area contributed by atoms with E-state index in [2.05, 4.69) is 11.1 Å². The zero-order valence-electron chi connectivity index (χ0n) is 14.4. The molecule has 0 aromatic carbocycles. The van der Waals surface area contributed by atoms with E-state index in [4.69, 9.17) is 9.47 Å². The molecule has 1 amide bonds. The highest BCUT2D eigenvalue weighted by Gasteiger charge is 2.32. The predicted octanol–water partition coefficient (Wildman–Crippen LogP) is 4.25. The van der Waals surface area contributed by atoms with Crippen LogP contribution in [0.2, 0.25) is 0 Å². The van der Waals surface area contributed by atoms with Gasteiger partial charge < -0.3 is 9.47 Å². The first-order valence-electron chi connectivity index (χ1n) is 7.95. The summed E-state index contributed by atoms with van der Waals surface area (Å²) >= 11 is 1.74. The summed E-state index contributed by atoms with van der Waals surface area (Å²) in [6.07, 6.45) is 3.68. The summed E-state index contributed by atoms with van der Waals surface area (Å²) in [6.45, 7) is 6.17. The van der Waals surface area contributed by atoms with E-state index in [0.29, 0.717) is 6.61 Å². The maximum atomic E-state index is 12.4. The molecule has 0 bridgehead atoms. The van der Waals surface area contributed by atoms with Gasteiger partial charge in [-0.05, 0) is 32.9 Å². The normalized spacial score (nSPS) is 17.2. The van der Waals surface area contributed by atoms with Crippen LogP contribution in [0.3, 0.4) is 0 Å². The second kappa shape index (κ2) is 6.53. The van der Waals surface area contributed by atoms with Crippen LogP contribution in [0.1, 0.15) is 37.4 Å². The Balaban J connectivity index is 1.86. The molecule has 0 saturated heterocycles. The molecule has 1 atom stereocenters. The van der Waals surface area contributed by atoms with Crippen molar-refractivity contribution in [3.63, 3.8) is 0 Å². The van der Waals surface area contributed by atoms with Gasteiger partial charge in [-0.1, -0.05) is 6.07 Å². The molecule has 128 valence electrons. The van der Waals surface area contributed by atoms with Crippen molar-refractivity contribution >= 4 is 17.4 Å². The van der Waals surface area contributed by atoms with Crippen molar-refractivity contribution in [2.75, 3.05) is 13.7 Å². The molecular weight excluding hydrogens is 324 g/mol. The molecular formula is C18H22N2O3S. The molecule has 2 aromatic heterocycles. The first kappa shape index (κ1) is 16.9. The van der Waals surface area contributed by atoms with Crippen LogP contribution in [0.4, 0.5) is 4.79 Å². The van der Waals surface area contributed by atoms with Gasteiger partial charge in [-0.2, -0.15) is 0 Å². The van der Waals surface area contributed by atoms with E-state index in [1.54, 1.807) is 24.6 Å². The largest absolute Gasteiger partial charge is 0.444 e. The highest BCUT2D eigenvalue weighted by molar-refractivity contribution is 7.15.